The van der Waals surface area contributed by atoms with Gasteiger partial charge in [0.15, 0.2) is 0 Å². The van der Waals surface area contributed by atoms with Crippen LogP contribution in [0.4, 0.5) is 20.4 Å². The molecule has 0 atom stereocenters. The lowest BCUT2D eigenvalue weighted by Crippen LogP contribution is -2.44. The summed E-state index contributed by atoms with van der Waals surface area (Å²) in [4.78, 5) is 28.9. The Kier molecular flexibility index (Phi) is 9.05. The molecule has 7 nitrogen and oxygen atoms in total. The molecular weight excluding hydrogens is 593 g/mol. The SMILES string of the molecule is C.CNC1CCN(C(=O)c2cc(Nc3ncc4c(n3)-c3ccc(Cl)cc3C(c3c(F)cccc3F)=NC4)ccc2Cl)CC1. The van der Waals surface area contributed by atoms with Gasteiger partial charge in [0.2, 0.25) is 5.95 Å². The highest BCUT2D eigenvalue weighted by Crippen LogP contribution is 2.35. The highest BCUT2D eigenvalue weighted by atomic mass is 35.5. The molecule has 1 saturated heterocycles. The number of carbonyl (C=O) groups excluding carboxylic acids is 1. The summed E-state index contributed by atoms with van der Waals surface area (Å²) in [5.74, 6) is -1.31. The molecule has 6 rings (SSSR count). The second-order valence-corrected chi connectivity index (χ2v) is 11.0. The van der Waals surface area contributed by atoms with Crippen LogP contribution in [-0.2, 0) is 6.54 Å². The van der Waals surface area contributed by atoms with E-state index in [1.165, 1.54) is 18.2 Å². The Balaban J connectivity index is 0.00000368. The maximum atomic E-state index is 14.8. The Morgan fingerprint density at radius 2 is 1.74 bits per heavy atom. The molecule has 3 heterocycles. The number of nitrogens with zero attached hydrogens (tertiary/aromatic N) is 4. The van der Waals surface area contributed by atoms with Gasteiger partial charge in [-0.05, 0) is 62.4 Å². The number of amides is 1. The largest absolute Gasteiger partial charge is 0.338 e. The first-order valence-electron chi connectivity index (χ1n) is 13.5. The highest BCUT2D eigenvalue weighted by molar-refractivity contribution is 6.34. The maximum Gasteiger partial charge on any atom is 0.255 e. The number of fused-ring (bicyclic) bond motifs is 3. The molecule has 0 spiro atoms. The number of piperidine rings is 1. The molecule has 1 amide bonds. The van der Waals surface area contributed by atoms with E-state index in [4.69, 9.17) is 28.2 Å². The Bertz CT molecular complexity index is 1700. The fraction of sp³-hybridized carbons (Fsp3) is 0.250. The van der Waals surface area contributed by atoms with Gasteiger partial charge in [0, 0.05) is 52.7 Å². The van der Waals surface area contributed by atoms with Gasteiger partial charge in [-0.25, -0.2) is 18.7 Å². The summed E-state index contributed by atoms with van der Waals surface area (Å²) >= 11 is 12.8. The molecule has 2 aliphatic heterocycles. The lowest BCUT2D eigenvalue weighted by Gasteiger charge is -2.32. The smallest absolute Gasteiger partial charge is 0.255 e. The monoisotopic (exact) mass is 622 g/mol. The normalized spacial score (nSPS) is 14.6. The first-order valence-corrected chi connectivity index (χ1v) is 14.3. The van der Waals surface area contributed by atoms with E-state index in [-0.39, 0.29) is 37.1 Å². The van der Waals surface area contributed by atoms with Crippen LogP contribution in [0.25, 0.3) is 11.3 Å². The van der Waals surface area contributed by atoms with Gasteiger partial charge in [-0.15, -0.1) is 0 Å². The number of nitrogens with one attached hydrogen (secondary N) is 2. The number of rotatable bonds is 5. The van der Waals surface area contributed by atoms with E-state index >= 15 is 0 Å². The molecular formula is C32H30Cl2F2N6O. The molecule has 3 aromatic carbocycles. The van der Waals surface area contributed by atoms with Crippen molar-refractivity contribution in [1.82, 2.24) is 20.2 Å². The first kappa shape index (κ1) is 30.5. The predicted octanol–water partition coefficient (Wildman–Crippen LogP) is 7.28. The summed E-state index contributed by atoms with van der Waals surface area (Å²) in [6.45, 7) is 1.40. The van der Waals surface area contributed by atoms with Gasteiger partial charge in [-0.1, -0.05) is 42.8 Å². The number of benzene rings is 3. The van der Waals surface area contributed by atoms with E-state index in [1.807, 2.05) is 11.9 Å². The predicted molar refractivity (Wildman–Crippen MR) is 168 cm³/mol. The molecule has 43 heavy (non-hydrogen) atoms. The molecule has 0 bridgehead atoms. The zero-order valence-corrected chi connectivity index (χ0v) is 24.1. The molecule has 0 saturated carbocycles. The van der Waals surface area contributed by atoms with Gasteiger partial charge < -0.3 is 15.5 Å². The molecule has 0 unspecified atom stereocenters. The molecule has 2 N–H and O–H groups in total. The zero-order valence-electron chi connectivity index (χ0n) is 22.6. The topological polar surface area (TPSA) is 82.5 Å². The highest BCUT2D eigenvalue weighted by Gasteiger charge is 2.26. The van der Waals surface area contributed by atoms with Gasteiger partial charge in [-0.3, -0.25) is 9.79 Å². The number of likely N-dealkylation sites (tertiary alicyclic amines) is 1. The molecule has 222 valence electrons. The summed E-state index contributed by atoms with van der Waals surface area (Å²) in [6, 6.07) is 14.3. The minimum absolute atomic E-state index is 0. The average Bonchev–Trinajstić information content (AvgIpc) is 3.14. The molecule has 0 aliphatic carbocycles. The van der Waals surface area contributed by atoms with Crippen molar-refractivity contribution in [1.29, 1.82) is 0 Å². The van der Waals surface area contributed by atoms with Crippen LogP contribution >= 0.6 is 23.2 Å². The molecule has 4 aromatic rings. The van der Waals surface area contributed by atoms with Crippen LogP contribution in [0.5, 0.6) is 0 Å². The van der Waals surface area contributed by atoms with Crippen molar-refractivity contribution in [3.8, 4) is 11.3 Å². The zero-order chi connectivity index (χ0) is 29.4. The summed E-state index contributed by atoms with van der Waals surface area (Å²) < 4.78 is 29.7. The minimum atomic E-state index is -0.724. The second-order valence-electron chi connectivity index (χ2n) is 10.2. The average molecular weight is 624 g/mol. The fourth-order valence-electron chi connectivity index (χ4n) is 5.36. The van der Waals surface area contributed by atoms with Crippen LogP contribution in [-0.4, -0.2) is 52.7 Å². The summed E-state index contributed by atoms with van der Waals surface area (Å²) in [5.41, 5.74) is 3.18. The van der Waals surface area contributed by atoms with Crippen molar-refractivity contribution in [3.63, 3.8) is 0 Å². The number of aliphatic imine (C=N–C) groups is 1. The van der Waals surface area contributed by atoms with Crippen molar-refractivity contribution in [2.75, 3.05) is 25.5 Å². The number of carbonyl (C=O) groups is 1. The van der Waals surface area contributed by atoms with Crippen LogP contribution in [0.2, 0.25) is 10.0 Å². The third-order valence-corrected chi connectivity index (χ3v) is 8.17. The van der Waals surface area contributed by atoms with Crippen LogP contribution < -0.4 is 10.6 Å². The number of hydrogen-bond donors (Lipinski definition) is 2. The quantitative estimate of drug-likeness (QED) is 0.244. The molecule has 2 aliphatic rings. The first-order chi connectivity index (χ1) is 20.3. The van der Waals surface area contributed by atoms with E-state index in [9.17, 15) is 13.6 Å². The minimum Gasteiger partial charge on any atom is -0.338 e. The van der Waals surface area contributed by atoms with Crippen LogP contribution in [0.3, 0.4) is 0 Å². The van der Waals surface area contributed by atoms with Gasteiger partial charge in [-0.2, -0.15) is 0 Å². The standard InChI is InChI=1S/C31H26Cl2F2N6O.CH4/c1-36-19-9-11-41(12-10-19)30(42)23-14-20(6-8-24(23)33)39-31-38-16-17-15-37-29(27-25(34)3-2-4-26(27)35)22-13-18(32)5-7-21(22)28(17)40-31;/h2-8,13-14,16,19,36H,9-12,15H2,1H3,(H,38,39,40);1H4. The van der Waals surface area contributed by atoms with Gasteiger partial charge >= 0.3 is 0 Å². The van der Waals surface area contributed by atoms with Gasteiger partial charge in [0.05, 0.1) is 34.1 Å². The van der Waals surface area contributed by atoms with Crippen LogP contribution in [0.15, 0.2) is 65.8 Å². The maximum absolute atomic E-state index is 14.8. The summed E-state index contributed by atoms with van der Waals surface area (Å²) in [6.07, 6.45) is 3.38. The van der Waals surface area contributed by atoms with Crippen molar-refractivity contribution in [2.45, 2.75) is 32.9 Å². The summed E-state index contributed by atoms with van der Waals surface area (Å²) in [5, 5.41) is 7.19. The lowest BCUT2D eigenvalue weighted by atomic mass is 9.95. The van der Waals surface area contributed by atoms with Gasteiger partial charge in [0.1, 0.15) is 11.6 Å². The molecule has 11 heteroatoms. The van der Waals surface area contributed by atoms with E-state index < -0.39 is 11.6 Å². The Hall–Kier alpha value is -3.92. The Labute approximate surface area is 259 Å². The lowest BCUT2D eigenvalue weighted by molar-refractivity contribution is 0.0707. The van der Waals surface area contributed by atoms with Crippen molar-refractivity contribution in [3.05, 3.63) is 105 Å². The fourth-order valence-corrected chi connectivity index (χ4v) is 5.73. The number of hydrogen-bond acceptors (Lipinski definition) is 6. The summed E-state index contributed by atoms with van der Waals surface area (Å²) in [7, 11) is 1.93. The Morgan fingerprint density at radius 1 is 1.00 bits per heavy atom. The van der Waals surface area contributed by atoms with Gasteiger partial charge in [0.25, 0.3) is 5.91 Å². The van der Waals surface area contributed by atoms with Crippen LogP contribution in [0.1, 0.15) is 47.3 Å². The van der Waals surface area contributed by atoms with Crippen molar-refractivity contribution in [2.24, 2.45) is 4.99 Å². The number of aromatic nitrogens is 2. The molecule has 0 radical (unpaired) electrons. The molecule has 1 aromatic heterocycles. The molecule has 1 fully saturated rings. The van der Waals surface area contributed by atoms with E-state index in [1.54, 1.807) is 42.6 Å². The number of halogens is 4. The van der Waals surface area contributed by atoms with Crippen molar-refractivity contribution < 1.29 is 13.6 Å². The van der Waals surface area contributed by atoms with E-state index in [2.05, 4.69) is 20.6 Å². The van der Waals surface area contributed by atoms with E-state index in [0.29, 0.717) is 62.8 Å². The number of anilines is 2. The van der Waals surface area contributed by atoms with Crippen LogP contribution in [0, 0.1) is 11.6 Å². The van der Waals surface area contributed by atoms with E-state index in [0.717, 1.165) is 12.8 Å². The third-order valence-electron chi connectivity index (χ3n) is 7.61. The second kappa shape index (κ2) is 12.8. The van der Waals surface area contributed by atoms with Crippen molar-refractivity contribution >= 4 is 46.5 Å². The Morgan fingerprint density at radius 3 is 2.47 bits per heavy atom. The third kappa shape index (κ3) is 6.11.